The minimum Gasteiger partial charge on any atom is -0.397 e. The van der Waals surface area contributed by atoms with Crippen LogP contribution in [-0.4, -0.2) is 40.6 Å². The lowest BCUT2D eigenvalue weighted by Gasteiger charge is -2.28. The van der Waals surface area contributed by atoms with Gasteiger partial charge < -0.3 is 11.1 Å². The summed E-state index contributed by atoms with van der Waals surface area (Å²) in [7, 11) is 1.64. The summed E-state index contributed by atoms with van der Waals surface area (Å²) >= 11 is 1.46. The lowest BCUT2D eigenvalue weighted by atomic mass is 9.98. The van der Waals surface area contributed by atoms with E-state index in [1.165, 1.54) is 24.1 Å². The fraction of sp³-hybridized carbons (Fsp3) is 0.217. The number of benzene rings is 1. The van der Waals surface area contributed by atoms with Crippen LogP contribution in [0.3, 0.4) is 0 Å². The Balaban J connectivity index is 1.74. The zero-order valence-electron chi connectivity index (χ0n) is 17.3. The van der Waals surface area contributed by atoms with Crippen molar-refractivity contribution < 1.29 is 4.39 Å². The number of thioether (sulfide) groups is 1. The molecule has 0 fully saturated rings. The summed E-state index contributed by atoms with van der Waals surface area (Å²) in [5.41, 5.74) is 8.47. The number of nitrogens with one attached hydrogen (secondary N) is 1. The van der Waals surface area contributed by atoms with Crippen LogP contribution in [0.1, 0.15) is 13.3 Å². The molecule has 4 rings (SSSR count). The van der Waals surface area contributed by atoms with Crippen LogP contribution >= 0.6 is 11.8 Å². The number of hydrogen-bond acceptors (Lipinski definition) is 7. The molecule has 2 aliphatic heterocycles. The maximum atomic E-state index is 15.1. The summed E-state index contributed by atoms with van der Waals surface area (Å²) < 4.78 is 15.1. The van der Waals surface area contributed by atoms with Crippen molar-refractivity contribution in [1.82, 2.24) is 9.88 Å². The Morgan fingerprint density at radius 3 is 3.00 bits per heavy atom. The number of fused-ring (bicyclic) bond motifs is 2. The number of nitrogens with zero attached hydrogens (tertiary/aromatic N) is 4. The number of rotatable bonds is 4. The second kappa shape index (κ2) is 8.85. The third kappa shape index (κ3) is 4.44. The molecule has 2 aliphatic rings. The van der Waals surface area contributed by atoms with E-state index in [0.717, 1.165) is 15.8 Å². The summed E-state index contributed by atoms with van der Waals surface area (Å²) in [6.07, 6.45) is 10.4. The van der Waals surface area contributed by atoms with Crippen LogP contribution < -0.4 is 5.73 Å². The van der Waals surface area contributed by atoms with E-state index in [2.05, 4.69) is 9.98 Å². The highest BCUT2D eigenvalue weighted by Gasteiger charge is 2.28. The number of amidine groups is 1. The SMILES string of the molecule is CN=CC(C=N)C1=CN2C(=CCC(C)N=C2Sc2ccc3ncc(N)cc3c2)C(F)=C1. The second-order valence-electron chi connectivity index (χ2n) is 7.40. The Labute approximate surface area is 184 Å². The molecule has 3 heterocycles. The zero-order valence-corrected chi connectivity index (χ0v) is 18.1. The van der Waals surface area contributed by atoms with E-state index in [1.54, 1.807) is 24.4 Å². The number of anilines is 1. The molecule has 158 valence electrons. The summed E-state index contributed by atoms with van der Waals surface area (Å²) in [6.45, 7) is 2.01. The lowest BCUT2D eigenvalue weighted by Crippen LogP contribution is -2.27. The minimum absolute atomic E-state index is 0.0127. The van der Waals surface area contributed by atoms with Crippen molar-refractivity contribution >= 4 is 45.9 Å². The Bertz CT molecular complexity index is 1180. The van der Waals surface area contributed by atoms with Crippen LogP contribution in [0.4, 0.5) is 10.1 Å². The molecule has 0 bridgehead atoms. The van der Waals surface area contributed by atoms with Gasteiger partial charge in [-0.1, -0.05) is 17.8 Å². The smallest absolute Gasteiger partial charge is 0.173 e. The number of aliphatic imine (C=N–C) groups is 2. The number of nitrogens with two attached hydrogens (primary N) is 1. The number of allylic oxidation sites excluding steroid dienone is 3. The molecule has 3 N–H and O–H groups in total. The van der Waals surface area contributed by atoms with Gasteiger partial charge in [-0.25, -0.2) is 4.39 Å². The van der Waals surface area contributed by atoms with Gasteiger partial charge in [0, 0.05) is 36.0 Å². The van der Waals surface area contributed by atoms with Gasteiger partial charge in [-0.05, 0) is 49.3 Å². The van der Waals surface area contributed by atoms with Crippen molar-refractivity contribution in [3.05, 3.63) is 65.9 Å². The molecule has 2 atom stereocenters. The van der Waals surface area contributed by atoms with Crippen LogP contribution in [0, 0.1) is 11.3 Å². The first-order valence-corrected chi connectivity index (χ1v) is 10.7. The number of hydrogen-bond donors (Lipinski definition) is 2. The largest absolute Gasteiger partial charge is 0.397 e. The number of nitrogen functional groups attached to an aromatic ring is 1. The minimum atomic E-state index is -0.404. The molecule has 2 unspecified atom stereocenters. The van der Waals surface area contributed by atoms with Crippen molar-refractivity contribution in [2.45, 2.75) is 24.3 Å². The van der Waals surface area contributed by atoms with Gasteiger partial charge in [0.15, 0.2) is 5.17 Å². The maximum absolute atomic E-state index is 15.1. The van der Waals surface area contributed by atoms with E-state index in [0.29, 0.717) is 28.5 Å². The molecule has 1 aromatic carbocycles. The number of halogens is 1. The molecular formula is C23H23FN6S. The van der Waals surface area contributed by atoms with E-state index >= 15 is 4.39 Å². The first-order valence-electron chi connectivity index (χ1n) is 9.91. The van der Waals surface area contributed by atoms with Crippen LogP contribution in [-0.2, 0) is 0 Å². The van der Waals surface area contributed by atoms with Crippen molar-refractivity contribution in [3.8, 4) is 0 Å². The van der Waals surface area contributed by atoms with Gasteiger partial charge in [-0.3, -0.25) is 19.9 Å². The molecule has 0 saturated heterocycles. The van der Waals surface area contributed by atoms with Crippen LogP contribution in [0.15, 0.2) is 80.8 Å². The van der Waals surface area contributed by atoms with Crippen molar-refractivity contribution in [1.29, 1.82) is 5.41 Å². The number of aromatic nitrogens is 1. The van der Waals surface area contributed by atoms with E-state index in [-0.39, 0.29) is 11.9 Å². The standard InChI is InChI=1S/C23H23FN6S/c1-14-3-6-22-20(24)9-16(17(10-25)11-27-2)13-30(22)23(29-14)31-19-4-5-21-15(8-19)7-18(26)12-28-21/h4-14,17,25H,3,26H2,1-2H3. The average Bonchev–Trinajstić information content (AvgIpc) is 2.90. The van der Waals surface area contributed by atoms with Crippen molar-refractivity contribution in [3.63, 3.8) is 0 Å². The molecule has 31 heavy (non-hydrogen) atoms. The van der Waals surface area contributed by atoms with Crippen molar-refractivity contribution in [2.75, 3.05) is 12.8 Å². The van der Waals surface area contributed by atoms with E-state index in [1.807, 2.05) is 43.5 Å². The van der Waals surface area contributed by atoms with E-state index in [4.69, 9.17) is 16.1 Å². The molecule has 0 saturated carbocycles. The highest BCUT2D eigenvalue weighted by Crippen LogP contribution is 2.35. The van der Waals surface area contributed by atoms with Crippen molar-refractivity contribution in [2.24, 2.45) is 15.9 Å². The molecule has 0 aliphatic carbocycles. The monoisotopic (exact) mass is 434 g/mol. The van der Waals surface area contributed by atoms with Gasteiger partial charge in [0.25, 0.3) is 0 Å². The van der Waals surface area contributed by atoms with Crippen LogP contribution in [0.2, 0.25) is 0 Å². The summed E-state index contributed by atoms with van der Waals surface area (Å²) in [6, 6.07) is 7.82. The highest BCUT2D eigenvalue weighted by molar-refractivity contribution is 8.13. The molecule has 1 aromatic heterocycles. The Morgan fingerprint density at radius 2 is 2.23 bits per heavy atom. The molecule has 8 heteroatoms. The average molecular weight is 435 g/mol. The fourth-order valence-electron chi connectivity index (χ4n) is 3.47. The van der Waals surface area contributed by atoms with Gasteiger partial charge in [0.2, 0.25) is 0 Å². The Morgan fingerprint density at radius 1 is 1.39 bits per heavy atom. The van der Waals surface area contributed by atoms with Gasteiger partial charge in [-0.2, -0.15) is 0 Å². The Hall–Kier alpha value is -3.26. The van der Waals surface area contributed by atoms with Gasteiger partial charge >= 0.3 is 0 Å². The molecule has 6 nitrogen and oxygen atoms in total. The predicted molar refractivity (Wildman–Crippen MR) is 127 cm³/mol. The van der Waals surface area contributed by atoms with Crippen LogP contribution in [0.5, 0.6) is 0 Å². The summed E-state index contributed by atoms with van der Waals surface area (Å²) in [5.74, 6) is -0.745. The normalized spacial score (nSPS) is 19.8. The Kier molecular flexibility index (Phi) is 5.99. The quantitative estimate of drug-likeness (QED) is 0.666. The lowest BCUT2D eigenvalue weighted by molar-refractivity contribution is 0.564. The number of pyridine rings is 1. The zero-order chi connectivity index (χ0) is 22.0. The first-order chi connectivity index (χ1) is 15.0. The van der Waals surface area contributed by atoms with Gasteiger partial charge in [-0.15, -0.1) is 0 Å². The third-order valence-corrected chi connectivity index (χ3v) is 6.00. The fourth-order valence-corrected chi connectivity index (χ4v) is 4.49. The topological polar surface area (TPSA) is 90.7 Å². The molecular weight excluding hydrogens is 411 g/mol. The second-order valence-corrected chi connectivity index (χ2v) is 8.44. The van der Waals surface area contributed by atoms with E-state index in [9.17, 15) is 0 Å². The first kappa shape index (κ1) is 21.0. The van der Waals surface area contributed by atoms with Gasteiger partial charge in [0.1, 0.15) is 5.83 Å². The molecule has 2 aromatic rings. The maximum Gasteiger partial charge on any atom is 0.173 e. The third-order valence-electron chi connectivity index (χ3n) is 5.02. The summed E-state index contributed by atoms with van der Waals surface area (Å²) in [5, 5.41) is 9.31. The predicted octanol–water partition coefficient (Wildman–Crippen LogP) is 4.96. The molecule has 0 radical (unpaired) electrons. The summed E-state index contributed by atoms with van der Waals surface area (Å²) in [4.78, 5) is 15.9. The van der Waals surface area contributed by atoms with Crippen LogP contribution in [0.25, 0.3) is 10.9 Å². The van der Waals surface area contributed by atoms with E-state index < -0.39 is 5.92 Å². The molecule has 0 spiro atoms. The highest BCUT2D eigenvalue weighted by atomic mass is 32.2. The van der Waals surface area contributed by atoms with Gasteiger partial charge in [0.05, 0.1) is 35.1 Å². The molecule has 0 amide bonds.